The molecule has 0 unspecified atom stereocenters. The lowest BCUT2D eigenvalue weighted by Crippen LogP contribution is -2.30. The Morgan fingerprint density at radius 2 is 2.28 bits per heavy atom. The van der Waals surface area contributed by atoms with Crippen LogP contribution in [-0.4, -0.2) is 26.4 Å². The van der Waals surface area contributed by atoms with E-state index in [0.717, 1.165) is 0 Å². The molecule has 6 heteroatoms. The van der Waals surface area contributed by atoms with E-state index in [1.807, 2.05) is 0 Å². The lowest BCUT2D eigenvalue weighted by Gasteiger charge is -2.22. The van der Waals surface area contributed by atoms with Crippen molar-refractivity contribution in [2.75, 3.05) is 11.9 Å². The fourth-order valence-electron chi connectivity index (χ4n) is 1.57. The minimum Gasteiger partial charge on any atom is -0.383 e. The van der Waals surface area contributed by atoms with Gasteiger partial charge in [0.25, 0.3) is 0 Å². The largest absolute Gasteiger partial charge is 0.383 e. The SMILES string of the molecule is Cn1cc([C@](C)(O)CNc2cccc(F)n2)cn1. The molecule has 0 radical (unpaired) electrons. The molecule has 2 rings (SSSR count). The van der Waals surface area contributed by atoms with Gasteiger partial charge in [-0.25, -0.2) is 4.98 Å². The lowest BCUT2D eigenvalue weighted by atomic mass is 10.00. The molecular weight excluding hydrogens is 235 g/mol. The molecule has 18 heavy (non-hydrogen) atoms. The number of hydrogen-bond donors (Lipinski definition) is 2. The molecule has 2 aromatic heterocycles. The van der Waals surface area contributed by atoms with Crippen LogP contribution in [0.1, 0.15) is 12.5 Å². The molecule has 5 nitrogen and oxygen atoms in total. The second-order valence-electron chi connectivity index (χ2n) is 4.38. The first-order chi connectivity index (χ1) is 8.47. The Kier molecular flexibility index (Phi) is 3.29. The Morgan fingerprint density at radius 3 is 2.89 bits per heavy atom. The third kappa shape index (κ3) is 2.84. The van der Waals surface area contributed by atoms with E-state index in [4.69, 9.17) is 0 Å². The van der Waals surface area contributed by atoms with Gasteiger partial charge >= 0.3 is 0 Å². The number of rotatable bonds is 4. The van der Waals surface area contributed by atoms with Gasteiger partial charge in [-0.15, -0.1) is 0 Å². The highest BCUT2D eigenvalue weighted by atomic mass is 19.1. The predicted octanol–water partition coefficient (Wildman–Crippen LogP) is 1.27. The van der Waals surface area contributed by atoms with E-state index in [0.29, 0.717) is 11.4 Å². The number of aliphatic hydroxyl groups is 1. The summed E-state index contributed by atoms with van der Waals surface area (Å²) >= 11 is 0. The number of hydrogen-bond acceptors (Lipinski definition) is 4. The van der Waals surface area contributed by atoms with Crippen molar-refractivity contribution in [2.24, 2.45) is 7.05 Å². The van der Waals surface area contributed by atoms with Crippen LogP contribution in [0.2, 0.25) is 0 Å². The van der Waals surface area contributed by atoms with Gasteiger partial charge in [-0.3, -0.25) is 4.68 Å². The number of halogens is 1. The molecule has 2 N–H and O–H groups in total. The number of pyridine rings is 1. The molecule has 2 aromatic rings. The fraction of sp³-hybridized carbons (Fsp3) is 0.333. The highest BCUT2D eigenvalue weighted by molar-refractivity contribution is 5.34. The van der Waals surface area contributed by atoms with Crippen LogP contribution in [0.15, 0.2) is 30.6 Å². The first-order valence-corrected chi connectivity index (χ1v) is 5.55. The highest BCUT2D eigenvalue weighted by Gasteiger charge is 2.24. The van der Waals surface area contributed by atoms with Crippen molar-refractivity contribution in [1.82, 2.24) is 14.8 Å². The standard InChI is InChI=1S/C12H15FN4O/c1-12(18,9-6-15-17(2)7-9)8-14-11-5-3-4-10(13)16-11/h3-7,18H,8H2,1-2H3,(H,14,16)/t12-/m1/s1. The summed E-state index contributed by atoms with van der Waals surface area (Å²) in [7, 11) is 1.78. The monoisotopic (exact) mass is 250 g/mol. The third-order valence-corrected chi connectivity index (χ3v) is 2.66. The van der Waals surface area contributed by atoms with E-state index < -0.39 is 11.5 Å². The van der Waals surface area contributed by atoms with Crippen molar-refractivity contribution < 1.29 is 9.50 Å². The fourth-order valence-corrected chi connectivity index (χ4v) is 1.57. The minimum atomic E-state index is -1.09. The average molecular weight is 250 g/mol. The molecule has 0 saturated heterocycles. The van der Waals surface area contributed by atoms with Gasteiger partial charge in [-0.05, 0) is 19.1 Å². The zero-order valence-corrected chi connectivity index (χ0v) is 10.3. The van der Waals surface area contributed by atoms with Crippen LogP contribution >= 0.6 is 0 Å². The predicted molar refractivity (Wildman–Crippen MR) is 65.5 cm³/mol. The summed E-state index contributed by atoms with van der Waals surface area (Å²) in [4.78, 5) is 3.67. The van der Waals surface area contributed by atoms with Crippen molar-refractivity contribution in [2.45, 2.75) is 12.5 Å². The molecule has 0 aliphatic rings. The average Bonchev–Trinajstić information content (AvgIpc) is 2.74. The first kappa shape index (κ1) is 12.5. The molecular formula is C12H15FN4O. The molecule has 0 aliphatic heterocycles. The van der Waals surface area contributed by atoms with Crippen LogP contribution in [0.25, 0.3) is 0 Å². The summed E-state index contributed by atoms with van der Waals surface area (Å²) in [5.41, 5.74) is -0.406. The second-order valence-corrected chi connectivity index (χ2v) is 4.38. The quantitative estimate of drug-likeness (QED) is 0.802. The first-order valence-electron chi connectivity index (χ1n) is 5.55. The van der Waals surface area contributed by atoms with Crippen LogP contribution in [-0.2, 0) is 12.6 Å². The van der Waals surface area contributed by atoms with Gasteiger partial charge in [0.1, 0.15) is 11.4 Å². The Labute approximate surface area is 104 Å². The smallest absolute Gasteiger partial charge is 0.214 e. The Morgan fingerprint density at radius 1 is 1.50 bits per heavy atom. The van der Waals surface area contributed by atoms with Gasteiger partial charge in [0, 0.05) is 25.4 Å². The van der Waals surface area contributed by atoms with E-state index in [1.54, 1.807) is 43.2 Å². The van der Waals surface area contributed by atoms with Crippen molar-refractivity contribution in [3.63, 3.8) is 0 Å². The van der Waals surface area contributed by atoms with Gasteiger partial charge in [0.15, 0.2) is 0 Å². The summed E-state index contributed by atoms with van der Waals surface area (Å²) in [6, 6.07) is 4.47. The third-order valence-electron chi connectivity index (χ3n) is 2.66. The molecule has 0 fully saturated rings. The van der Waals surface area contributed by atoms with E-state index in [2.05, 4.69) is 15.4 Å². The molecule has 0 amide bonds. The molecule has 1 atom stereocenters. The summed E-state index contributed by atoms with van der Waals surface area (Å²) in [5.74, 6) is -0.166. The van der Waals surface area contributed by atoms with Gasteiger partial charge in [-0.1, -0.05) is 6.07 Å². The highest BCUT2D eigenvalue weighted by Crippen LogP contribution is 2.20. The van der Waals surface area contributed by atoms with Gasteiger partial charge < -0.3 is 10.4 Å². The van der Waals surface area contributed by atoms with Crippen LogP contribution in [0.4, 0.5) is 10.2 Å². The molecule has 0 bridgehead atoms. The van der Waals surface area contributed by atoms with E-state index in [-0.39, 0.29) is 6.54 Å². The molecule has 0 aliphatic carbocycles. The number of nitrogens with one attached hydrogen (secondary N) is 1. The van der Waals surface area contributed by atoms with Crippen molar-refractivity contribution in [3.05, 3.63) is 42.1 Å². The Balaban J connectivity index is 2.05. The lowest BCUT2D eigenvalue weighted by molar-refractivity contribution is 0.0713. The van der Waals surface area contributed by atoms with Crippen LogP contribution < -0.4 is 5.32 Å². The van der Waals surface area contributed by atoms with Crippen LogP contribution in [0.5, 0.6) is 0 Å². The maximum absolute atomic E-state index is 12.9. The van der Waals surface area contributed by atoms with Crippen molar-refractivity contribution in [1.29, 1.82) is 0 Å². The normalized spacial score (nSPS) is 14.2. The van der Waals surface area contributed by atoms with E-state index >= 15 is 0 Å². The summed E-state index contributed by atoms with van der Waals surface area (Å²) in [5, 5.41) is 17.2. The number of anilines is 1. The minimum absolute atomic E-state index is 0.217. The molecule has 0 aromatic carbocycles. The number of aryl methyl sites for hydroxylation is 1. The summed E-state index contributed by atoms with van der Waals surface area (Å²) < 4.78 is 14.5. The maximum Gasteiger partial charge on any atom is 0.214 e. The maximum atomic E-state index is 12.9. The van der Waals surface area contributed by atoms with Crippen LogP contribution in [0.3, 0.4) is 0 Å². The van der Waals surface area contributed by atoms with Gasteiger partial charge in [-0.2, -0.15) is 9.49 Å². The Hall–Kier alpha value is -1.95. The molecule has 96 valence electrons. The zero-order chi connectivity index (χ0) is 13.2. The summed E-state index contributed by atoms with van der Waals surface area (Å²) in [6.07, 6.45) is 3.33. The molecule has 0 spiro atoms. The topological polar surface area (TPSA) is 63.0 Å². The molecule has 2 heterocycles. The summed E-state index contributed by atoms with van der Waals surface area (Å²) in [6.45, 7) is 1.88. The van der Waals surface area contributed by atoms with Crippen LogP contribution in [0, 0.1) is 5.95 Å². The second kappa shape index (κ2) is 4.73. The van der Waals surface area contributed by atoms with Crippen molar-refractivity contribution in [3.8, 4) is 0 Å². The van der Waals surface area contributed by atoms with E-state index in [9.17, 15) is 9.50 Å². The Bertz CT molecular complexity index is 538. The number of aromatic nitrogens is 3. The molecule has 0 saturated carbocycles. The van der Waals surface area contributed by atoms with Gasteiger partial charge in [0.2, 0.25) is 5.95 Å². The number of nitrogens with zero attached hydrogens (tertiary/aromatic N) is 3. The zero-order valence-electron chi connectivity index (χ0n) is 10.3. The van der Waals surface area contributed by atoms with Gasteiger partial charge in [0.05, 0.1) is 6.20 Å². The van der Waals surface area contributed by atoms with Crippen molar-refractivity contribution >= 4 is 5.82 Å². The van der Waals surface area contributed by atoms with E-state index in [1.165, 1.54) is 6.07 Å².